The number of aryl methyl sites for hydroxylation is 1. The molecule has 0 aliphatic heterocycles. The van der Waals surface area contributed by atoms with Crippen LogP contribution in [0.5, 0.6) is 0 Å². The van der Waals surface area contributed by atoms with E-state index in [1.807, 2.05) is 25.1 Å². The fraction of sp³-hybridized carbons (Fsp3) is 0.500. The van der Waals surface area contributed by atoms with Crippen molar-refractivity contribution in [2.24, 2.45) is 12.0 Å². The lowest BCUT2D eigenvalue weighted by Gasteiger charge is -2.24. The van der Waals surface area contributed by atoms with Crippen molar-refractivity contribution in [3.8, 4) is 0 Å². The highest BCUT2D eigenvalue weighted by Crippen LogP contribution is 2.18. The number of rotatable bonds is 9. The van der Waals surface area contributed by atoms with Gasteiger partial charge in [0.1, 0.15) is 12.1 Å². The van der Waals surface area contributed by atoms with E-state index in [-0.39, 0.29) is 43.0 Å². The molecule has 0 aliphatic carbocycles. The molecule has 3 N–H and O–H groups in total. The van der Waals surface area contributed by atoms with Gasteiger partial charge in [0.25, 0.3) is 0 Å². The summed E-state index contributed by atoms with van der Waals surface area (Å²) < 4.78 is 1.64. The lowest BCUT2D eigenvalue weighted by atomic mass is 10.00. The lowest BCUT2D eigenvalue weighted by molar-refractivity contribution is -0.128. The van der Waals surface area contributed by atoms with Crippen LogP contribution in [0.1, 0.15) is 25.1 Å². The summed E-state index contributed by atoms with van der Waals surface area (Å²) in [5.74, 6) is 0.389. The maximum atomic E-state index is 12.4. The van der Waals surface area contributed by atoms with Crippen LogP contribution in [-0.4, -0.2) is 69.9 Å². The molecule has 2 aromatic heterocycles. The van der Waals surface area contributed by atoms with Gasteiger partial charge in [-0.1, -0.05) is 6.07 Å². The largest absolute Gasteiger partial charge is 0.383 e. The average molecular weight is 529 g/mol. The van der Waals surface area contributed by atoms with Gasteiger partial charge in [-0.05, 0) is 26.0 Å². The molecule has 0 saturated heterocycles. The molecule has 0 aliphatic rings. The number of nitrogens with zero attached hydrogens (tertiary/aromatic N) is 5. The van der Waals surface area contributed by atoms with Crippen LogP contribution in [-0.2, 0) is 23.9 Å². The molecule has 166 valence electrons. The molecule has 0 bridgehead atoms. The van der Waals surface area contributed by atoms with E-state index in [4.69, 9.17) is 0 Å². The summed E-state index contributed by atoms with van der Waals surface area (Å²) >= 11 is 0. The first-order chi connectivity index (χ1) is 13.8. The zero-order chi connectivity index (χ0) is 21.3. The standard InChI is InChI=1S/C20H31N7O2.HI/c1-5-21-19(24-15-20(2,29)16-12-25-27(4)14-16)23-13-18(28)26(3)11-9-17-8-6-7-10-22-17;/h6-8,10,12,14,29H,5,9,11,13,15H2,1-4H3,(H2,21,23,24);1H. The molecule has 0 fully saturated rings. The van der Waals surface area contributed by atoms with E-state index in [0.717, 1.165) is 5.69 Å². The molecule has 0 saturated carbocycles. The van der Waals surface area contributed by atoms with Crippen molar-refractivity contribution in [1.29, 1.82) is 0 Å². The molecule has 2 rings (SSSR count). The molecule has 1 unspecified atom stereocenters. The van der Waals surface area contributed by atoms with Gasteiger partial charge < -0.3 is 20.6 Å². The van der Waals surface area contributed by atoms with Crippen LogP contribution in [0.3, 0.4) is 0 Å². The molecule has 0 spiro atoms. The van der Waals surface area contributed by atoms with Gasteiger partial charge in [-0.3, -0.25) is 14.5 Å². The number of hydrogen-bond donors (Lipinski definition) is 3. The first kappa shape index (κ1) is 25.8. The Morgan fingerprint density at radius 3 is 2.73 bits per heavy atom. The zero-order valence-corrected chi connectivity index (χ0v) is 20.3. The molecule has 30 heavy (non-hydrogen) atoms. The van der Waals surface area contributed by atoms with Gasteiger partial charge in [0.05, 0.1) is 12.7 Å². The first-order valence-electron chi connectivity index (χ1n) is 9.69. The molecular formula is C20H32IN7O2. The third-order valence-corrected chi connectivity index (χ3v) is 4.50. The monoisotopic (exact) mass is 529 g/mol. The van der Waals surface area contributed by atoms with Crippen LogP contribution >= 0.6 is 24.0 Å². The maximum Gasteiger partial charge on any atom is 0.244 e. The number of aliphatic imine (C=N–C) groups is 1. The van der Waals surface area contributed by atoms with E-state index >= 15 is 0 Å². The number of amides is 1. The van der Waals surface area contributed by atoms with Gasteiger partial charge in [0.15, 0.2) is 5.96 Å². The van der Waals surface area contributed by atoms with Crippen molar-refractivity contribution in [3.05, 3.63) is 48.0 Å². The summed E-state index contributed by atoms with van der Waals surface area (Å²) in [6, 6.07) is 5.75. The number of nitrogens with one attached hydrogen (secondary N) is 2. The summed E-state index contributed by atoms with van der Waals surface area (Å²) in [5.41, 5.74) is 0.533. The second kappa shape index (κ2) is 12.5. The highest BCUT2D eigenvalue weighted by molar-refractivity contribution is 14.0. The number of carbonyl (C=O) groups excluding carboxylic acids is 1. The summed E-state index contributed by atoms with van der Waals surface area (Å²) in [4.78, 5) is 22.6. The minimum absolute atomic E-state index is 0. The van der Waals surface area contributed by atoms with E-state index in [9.17, 15) is 9.90 Å². The number of aliphatic hydroxyl groups is 1. The summed E-state index contributed by atoms with van der Waals surface area (Å²) in [5, 5.41) is 21.0. The minimum Gasteiger partial charge on any atom is -0.383 e. The highest BCUT2D eigenvalue weighted by Gasteiger charge is 2.25. The van der Waals surface area contributed by atoms with Crippen molar-refractivity contribution in [3.63, 3.8) is 0 Å². The van der Waals surface area contributed by atoms with Gasteiger partial charge >= 0.3 is 0 Å². The van der Waals surface area contributed by atoms with Crippen molar-refractivity contribution >= 4 is 35.8 Å². The second-order valence-electron chi connectivity index (χ2n) is 7.11. The third kappa shape index (κ3) is 8.27. The first-order valence-corrected chi connectivity index (χ1v) is 9.69. The van der Waals surface area contributed by atoms with Gasteiger partial charge in [0.2, 0.25) is 5.91 Å². The number of aromatic nitrogens is 3. The Labute approximate surface area is 195 Å². The third-order valence-electron chi connectivity index (χ3n) is 4.50. The Morgan fingerprint density at radius 2 is 2.13 bits per heavy atom. The summed E-state index contributed by atoms with van der Waals surface area (Å²) in [7, 11) is 3.56. The molecule has 2 aromatic rings. The molecule has 1 amide bonds. The quantitative estimate of drug-likeness (QED) is 0.253. The number of hydrogen-bond acceptors (Lipinski definition) is 5. The van der Waals surface area contributed by atoms with Crippen LogP contribution in [0, 0.1) is 0 Å². The van der Waals surface area contributed by atoms with E-state index < -0.39 is 5.60 Å². The number of guanidine groups is 1. The number of halogens is 1. The number of pyridine rings is 1. The summed E-state index contributed by atoms with van der Waals surface area (Å²) in [6.07, 6.45) is 5.84. The average Bonchev–Trinajstić information content (AvgIpc) is 3.16. The predicted molar refractivity (Wildman–Crippen MR) is 128 cm³/mol. The molecular weight excluding hydrogens is 497 g/mol. The Kier molecular flexibility index (Phi) is 10.7. The number of carbonyl (C=O) groups is 1. The van der Waals surface area contributed by atoms with Crippen molar-refractivity contribution in [1.82, 2.24) is 30.3 Å². The van der Waals surface area contributed by atoms with Gasteiger partial charge in [-0.15, -0.1) is 24.0 Å². The Hall–Kier alpha value is -2.21. The van der Waals surface area contributed by atoms with E-state index in [2.05, 4.69) is 25.7 Å². The molecule has 0 radical (unpaired) electrons. The van der Waals surface area contributed by atoms with Crippen LogP contribution in [0.4, 0.5) is 0 Å². The Balaban J connectivity index is 0.00000450. The fourth-order valence-corrected chi connectivity index (χ4v) is 2.62. The van der Waals surface area contributed by atoms with Crippen LogP contribution in [0.2, 0.25) is 0 Å². The van der Waals surface area contributed by atoms with Crippen LogP contribution in [0.15, 0.2) is 41.8 Å². The van der Waals surface area contributed by atoms with Crippen LogP contribution < -0.4 is 10.6 Å². The Morgan fingerprint density at radius 1 is 1.37 bits per heavy atom. The lowest BCUT2D eigenvalue weighted by Crippen LogP contribution is -2.45. The van der Waals surface area contributed by atoms with Gasteiger partial charge in [-0.2, -0.15) is 5.10 Å². The Bertz CT molecular complexity index is 808. The van der Waals surface area contributed by atoms with E-state index in [0.29, 0.717) is 31.0 Å². The minimum atomic E-state index is -1.12. The SMILES string of the molecule is CCNC(=NCC(=O)N(C)CCc1ccccn1)NCC(C)(O)c1cnn(C)c1.I. The molecule has 1 atom stereocenters. The van der Waals surface area contributed by atoms with Gasteiger partial charge in [0, 0.05) is 57.3 Å². The zero-order valence-electron chi connectivity index (χ0n) is 18.0. The fourth-order valence-electron chi connectivity index (χ4n) is 2.62. The molecule has 2 heterocycles. The molecule has 10 heteroatoms. The van der Waals surface area contributed by atoms with Crippen molar-refractivity contribution in [2.75, 3.05) is 33.2 Å². The van der Waals surface area contributed by atoms with E-state index in [1.165, 1.54) is 0 Å². The topological polar surface area (TPSA) is 108 Å². The van der Waals surface area contributed by atoms with E-state index in [1.54, 1.807) is 49.2 Å². The summed E-state index contributed by atoms with van der Waals surface area (Å²) in [6.45, 7) is 5.11. The maximum absolute atomic E-state index is 12.4. The van der Waals surface area contributed by atoms with Crippen LogP contribution in [0.25, 0.3) is 0 Å². The molecule has 0 aromatic carbocycles. The van der Waals surface area contributed by atoms with Crippen molar-refractivity contribution < 1.29 is 9.90 Å². The molecule has 9 nitrogen and oxygen atoms in total. The predicted octanol–water partition coefficient (Wildman–Crippen LogP) is 0.897. The highest BCUT2D eigenvalue weighted by atomic mass is 127. The van der Waals surface area contributed by atoms with Crippen molar-refractivity contribution in [2.45, 2.75) is 25.9 Å². The van der Waals surface area contributed by atoms with Gasteiger partial charge in [-0.25, -0.2) is 4.99 Å². The smallest absolute Gasteiger partial charge is 0.244 e. The second-order valence-corrected chi connectivity index (χ2v) is 7.11. The number of likely N-dealkylation sites (N-methyl/N-ethyl adjacent to an activating group) is 1. The normalized spacial score (nSPS) is 13.2.